The van der Waals surface area contributed by atoms with Crippen LogP contribution in [-0.2, 0) is 27.2 Å². The van der Waals surface area contributed by atoms with Crippen LogP contribution in [-0.4, -0.2) is 18.9 Å². The molecule has 0 bridgehead atoms. The van der Waals surface area contributed by atoms with Crippen LogP contribution in [0.25, 0.3) is 0 Å². The first kappa shape index (κ1) is 13.9. The maximum absolute atomic E-state index is 11.3. The summed E-state index contributed by atoms with van der Waals surface area (Å²) >= 11 is 3.42. The van der Waals surface area contributed by atoms with Crippen molar-refractivity contribution in [1.29, 1.82) is 0 Å². The summed E-state index contributed by atoms with van der Waals surface area (Å²) in [4.78, 5) is 21.6. The van der Waals surface area contributed by atoms with Crippen LogP contribution in [0.3, 0.4) is 0 Å². The number of aryl methyl sites for hydroxylation is 1. The van der Waals surface area contributed by atoms with Gasteiger partial charge in [-0.2, -0.15) is 0 Å². The summed E-state index contributed by atoms with van der Waals surface area (Å²) in [7, 11) is 0. The van der Waals surface area contributed by atoms with Crippen molar-refractivity contribution in [3.63, 3.8) is 0 Å². The minimum absolute atomic E-state index is 0.228. The average Bonchev–Trinajstić information content (AvgIpc) is 2.30. The SMILES string of the molecule is CCOC(=O)Cc1ccc(CCC=O)cc1Br. The van der Waals surface area contributed by atoms with E-state index in [4.69, 9.17) is 4.74 Å². The Labute approximate surface area is 109 Å². The van der Waals surface area contributed by atoms with Gasteiger partial charge in [0, 0.05) is 10.9 Å². The lowest BCUT2D eigenvalue weighted by atomic mass is 10.1. The number of halogens is 1. The lowest BCUT2D eigenvalue weighted by Gasteiger charge is -2.06. The molecule has 4 heteroatoms. The minimum Gasteiger partial charge on any atom is -0.466 e. The maximum atomic E-state index is 11.3. The monoisotopic (exact) mass is 298 g/mol. The number of carbonyl (C=O) groups excluding carboxylic acids is 2. The van der Waals surface area contributed by atoms with Gasteiger partial charge >= 0.3 is 5.97 Å². The van der Waals surface area contributed by atoms with E-state index in [0.29, 0.717) is 13.0 Å². The Hall–Kier alpha value is -1.16. The largest absolute Gasteiger partial charge is 0.466 e. The van der Waals surface area contributed by atoms with Crippen molar-refractivity contribution in [2.75, 3.05) is 6.61 Å². The van der Waals surface area contributed by atoms with E-state index in [-0.39, 0.29) is 12.4 Å². The third-order valence-corrected chi connectivity index (χ3v) is 3.05. The zero-order chi connectivity index (χ0) is 12.7. The highest BCUT2D eigenvalue weighted by Gasteiger charge is 2.08. The van der Waals surface area contributed by atoms with Crippen LogP contribution in [0, 0.1) is 0 Å². The Kier molecular flexibility index (Phi) is 5.91. The van der Waals surface area contributed by atoms with E-state index < -0.39 is 0 Å². The third kappa shape index (κ3) is 4.69. The summed E-state index contributed by atoms with van der Waals surface area (Å²) in [5, 5.41) is 0. The second-order valence-electron chi connectivity index (χ2n) is 3.61. The molecule has 0 atom stereocenters. The van der Waals surface area contributed by atoms with Gasteiger partial charge in [-0.1, -0.05) is 28.1 Å². The van der Waals surface area contributed by atoms with Crippen LogP contribution in [0.4, 0.5) is 0 Å². The maximum Gasteiger partial charge on any atom is 0.310 e. The van der Waals surface area contributed by atoms with Gasteiger partial charge in [0.05, 0.1) is 13.0 Å². The van der Waals surface area contributed by atoms with Gasteiger partial charge in [0.25, 0.3) is 0 Å². The fourth-order valence-electron chi connectivity index (χ4n) is 1.48. The van der Waals surface area contributed by atoms with Gasteiger partial charge in [-0.3, -0.25) is 4.79 Å². The molecular formula is C13H15BrO3. The Morgan fingerprint density at radius 2 is 2.24 bits per heavy atom. The predicted molar refractivity (Wildman–Crippen MR) is 68.9 cm³/mol. The molecule has 1 rings (SSSR count). The molecule has 0 amide bonds. The minimum atomic E-state index is -0.228. The number of esters is 1. The summed E-state index contributed by atoms with van der Waals surface area (Å²) in [6.45, 7) is 2.18. The molecule has 17 heavy (non-hydrogen) atoms. The average molecular weight is 299 g/mol. The van der Waals surface area contributed by atoms with Crippen LogP contribution < -0.4 is 0 Å². The Balaban J connectivity index is 2.68. The Bertz CT molecular complexity index is 402. The van der Waals surface area contributed by atoms with Crippen LogP contribution >= 0.6 is 15.9 Å². The summed E-state index contributed by atoms with van der Waals surface area (Å²) < 4.78 is 5.77. The highest BCUT2D eigenvalue weighted by Crippen LogP contribution is 2.20. The van der Waals surface area contributed by atoms with Crippen LogP contribution in [0.1, 0.15) is 24.5 Å². The summed E-state index contributed by atoms with van der Waals surface area (Å²) in [5.74, 6) is -0.228. The fourth-order valence-corrected chi connectivity index (χ4v) is 2.05. The van der Waals surface area contributed by atoms with Crippen LogP contribution in [0.2, 0.25) is 0 Å². The number of ether oxygens (including phenoxy) is 1. The third-order valence-electron chi connectivity index (χ3n) is 2.31. The standard InChI is InChI=1S/C13H15BrO3/c1-2-17-13(16)9-11-6-5-10(4-3-7-15)8-12(11)14/h5-8H,2-4,9H2,1H3. The summed E-state index contributed by atoms with van der Waals surface area (Å²) in [5.41, 5.74) is 1.98. The van der Waals surface area contributed by atoms with Gasteiger partial charge in [-0.25, -0.2) is 0 Å². The first-order valence-electron chi connectivity index (χ1n) is 5.54. The number of carbonyl (C=O) groups is 2. The first-order valence-corrected chi connectivity index (χ1v) is 6.33. The molecule has 0 saturated heterocycles. The number of hydrogen-bond donors (Lipinski definition) is 0. The lowest BCUT2D eigenvalue weighted by molar-refractivity contribution is -0.142. The van der Waals surface area contributed by atoms with E-state index >= 15 is 0 Å². The molecular weight excluding hydrogens is 284 g/mol. The van der Waals surface area contributed by atoms with Crippen molar-refractivity contribution in [2.24, 2.45) is 0 Å². The van der Waals surface area contributed by atoms with Gasteiger partial charge in [0.15, 0.2) is 0 Å². The molecule has 1 aromatic rings. The topological polar surface area (TPSA) is 43.4 Å². The molecule has 0 spiro atoms. The molecule has 0 radical (unpaired) electrons. The van der Waals surface area contributed by atoms with E-state index in [1.165, 1.54) is 0 Å². The van der Waals surface area contributed by atoms with E-state index in [9.17, 15) is 9.59 Å². The quantitative estimate of drug-likeness (QED) is 0.599. The molecule has 3 nitrogen and oxygen atoms in total. The Morgan fingerprint density at radius 3 is 2.82 bits per heavy atom. The number of hydrogen-bond acceptors (Lipinski definition) is 3. The predicted octanol–water partition coefficient (Wildman–Crippen LogP) is 2.69. The number of rotatable bonds is 6. The van der Waals surface area contributed by atoms with Gasteiger partial charge < -0.3 is 9.53 Å². The second-order valence-corrected chi connectivity index (χ2v) is 4.47. The van der Waals surface area contributed by atoms with E-state index in [2.05, 4.69) is 15.9 Å². The molecule has 0 fully saturated rings. The lowest BCUT2D eigenvalue weighted by Crippen LogP contribution is -2.08. The molecule has 92 valence electrons. The normalized spacial score (nSPS) is 10.0. The van der Waals surface area contributed by atoms with Crippen molar-refractivity contribution in [3.8, 4) is 0 Å². The molecule has 1 aromatic carbocycles. The van der Waals surface area contributed by atoms with Crippen LogP contribution in [0.5, 0.6) is 0 Å². The molecule has 0 heterocycles. The molecule has 0 saturated carbocycles. The van der Waals surface area contributed by atoms with Crippen molar-refractivity contribution >= 4 is 28.2 Å². The van der Waals surface area contributed by atoms with Crippen LogP contribution in [0.15, 0.2) is 22.7 Å². The van der Waals surface area contributed by atoms with E-state index in [1.54, 1.807) is 6.92 Å². The van der Waals surface area contributed by atoms with Gasteiger partial charge in [0.1, 0.15) is 6.29 Å². The zero-order valence-corrected chi connectivity index (χ0v) is 11.3. The highest BCUT2D eigenvalue weighted by atomic mass is 79.9. The molecule has 0 aliphatic heterocycles. The second kappa shape index (κ2) is 7.22. The van der Waals surface area contributed by atoms with Crippen molar-refractivity contribution in [2.45, 2.75) is 26.2 Å². The summed E-state index contributed by atoms with van der Waals surface area (Å²) in [6.07, 6.45) is 2.41. The van der Waals surface area contributed by atoms with E-state index in [0.717, 1.165) is 28.3 Å². The van der Waals surface area contributed by atoms with Crippen molar-refractivity contribution < 1.29 is 14.3 Å². The molecule has 0 aromatic heterocycles. The molecule has 0 aliphatic carbocycles. The van der Waals surface area contributed by atoms with Gasteiger partial charge in [0.2, 0.25) is 0 Å². The Morgan fingerprint density at radius 1 is 1.47 bits per heavy atom. The van der Waals surface area contributed by atoms with E-state index in [1.807, 2.05) is 18.2 Å². The number of benzene rings is 1. The molecule has 0 N–H and O–H groups in total. The van der Waals surface area contributed by atoms with Crippen molar-refractivity contribution in [1.82, 2.24) is 0 Å². The molecule has 0 aliphatic rings. The van der Waals surface area contributed by atoms with Gasteiger partial charge in [-0.05, 0) is 30.5 Å². The smallest absolute Gasteiger partial charge is 0.310 e. The highest BCUT2D eigenvalue weighted by molar-refractivity contribution is 9.10. The fraction of sp³-hybridized carbons (Fsp3) is 0.385. The molecule has 0 unspecified atom stereocenters. The first-order chi connectivity index (χ1) is 8.17. The number of aldehydes is 1. The van der Waals surface area contributed by atoms with Gasteiger partial charge in [-0.15, -0.1) is 0 Å². The van der Waals surface area contributed by atoms with Crippen molar-refractivity contribution in [3.05, 3.63) is 33.8 Å². The summed E-state index contributed by atoms with van der Waals surface area (Å²) in [6, 6.07) is 5.77. The zero-order valence-electron chi connectivity index (χ0n) is 9.74.